The number of hydrogen-bond acceptors (Lipinski definition) is 4. The number of aldehydes is 1. The van der Waals surface area contributed by atoms with Crippen LogP contribution in [0.2, 0.25) is 0 Å². The molecule has 0 unspecified atom stereocenters. The number of thioether (sulfide) groups is 1. The molecule has 3 aliphatic rings. The fraction of sp³-hybridized carbons (Fsp3) is 0.571. The fourth-order valence-electron chi connectivity index (χ4n) is 4.62. The van der Waals surface area contributed by atoms with E-state index in [1.807, 2.05) is 0 Å². The quantitative estimate of drug-likeness (QED) is 0.745. The smallest absolute Gasteiger partial charge is 0.246 e. The molecule has 0 aromatic heterocycles. The number of nitrogens with zero attached hydrogens (tertiary/aromatic N) is 2. The predicted molar refractivity (Wildman–Crippen MR) is 105 cm³/mol. The maximum Gasteiger partial charge on any atom is 0.246 e. The molecule has 2 fully saturated rings. The lowest BCUT2D eigenvalue weighted by Crippen LogP contribution is -2.50. The Labute approximate surface area is 164 Å². The van der Waals surface area contributed by atoms with Crippen molar-refractivity contribution in [1.29, 1.82) is 0 Å². The minimum absolute atomic E-state index is 0.0445. The summed E-state index contributed by atoms with van der Waals surface area (Å²) in [5, 5.41) is 0. The molecule has 1 aliphatic carbocycles. The summed E-state index contributed by atoms with van der Waals surface area (Å²) in [7, 11) is 0. The van der Waals surface area contributed by atoms with E-state index in [9.17, 15) is 14.4 Å². The number of likely N-dealkylation sites (tertiary alicyclic amines) is 1. The Morgan fingerprint density at radius 1 is 1.15 bits per heavy atom. The third-order valence-corrected chi connectivity index (χ3v) is 7.17. The van der Waals surface area contributed by atoms with Gasteiger partial charge in [-0.25, -0.2) is 0 Å². The van der Waals surface area contributed by atoms with Gasteiger partial charge in [0.05, 0.1) is 11.9 Å². The van der Waals surface area contributed by atoms with Crippen molar-refractivity contribution in [2.75, 3.05) is 18.2 Å². The van der Waals surface area contributed by atoms with Gasteiger partial charge in [-0.2, -0.15) is 0 Å². The van der Waals surface area contributed by atoms with Crippen molar-refractivity contribution in [3.8, 4) is 0 Å². The highest BCUT2D eigenvalue weighted by atomic mass is 32.2. The van der Waals surface area contributed by atoms with Crippen molar-refractivity contribution in [3.05, 3.63) is 35.4 Å². The number of rotatable bonds is 4. The molecule has 27 heavy (non-hydrogen) atoms. The molecule has 0 radical (unpaired) electrons. The molecule has 4 rings (SSSR count). The molecule has 5 nitrogen and oxygen atoms in total. The summed E-state index contributed by atoms with van der Waals surface area (Å²) in [6.45, 7) is 0.658. The molecule has 0 bridgehead atoms. The van der Waals surface area contributed by atoms with E-state index in [0.717, 1.165) is 32.0 Å². The molecule has 6 heteroatoms. The van der Waals surface area contributed by atoms with Crippen LogP contribution >= 0.6 is 11.8 Å². The molecule has 144 valence electrons. The topological polar surface area (TPSA) is 57.7 Å². The Morgan fingerprint density at radius 2 is 1.96 bits per heavy atom. The van der Waals surface area contributed by atoms with Crippen LogP contribution in [0.15, 0.2) is 24.3 Å². The average molecular weight is 387 g/mol. The van der Waals surface area contributed by atoms with Crippen LogP contribution in [0.1, 0.15) is 36.8 Å². The zero-order valence-electron chi connectivity index (χ0n) is 15.5. The highest BCUT2D eigenvalue weighted by Crippen LogP contribution is 2.30. The molecule has 3 atom stereocenters. The molecule has 0 spiro atoms. The van der Waals surface area contributed by atoms with Gasteiger partial charge in [-0.1, -0.05) is 24.3 Å². The van der Waals surface area contributed by atoms with Crippen LogP contribution in [0, 0.1) is 5.92 Å². The first-order valence-corrected chi connectivity index (χ1v) is 11.0. The summed E-state index contributed by atoms with van der Waals surface area (Å²) in [5.74, 6) is 1.63. The number of hydrogen-bond donors (Lipinski definition) is 0. The Hall–Kier alpha value is -1.82. The number of carbonyl (C=O) groups excluding carboxylic acids is 3. The van der Waals surface area contributed by atoms with Crippen LogP contribution in [0.5, 0.6) is 0 Å². The van der Waals surface area contributed by atoms with Crippen LogP contribution in [0.25, 0.3) is 0 Å². The monoisotopic (exact) mass is 386 g/mol. The average Bonchev–Trinajstić information content (AvgIpc) is 3.36. The molecular formula is C21H26N2O3S. The molecule has 1 aromatic rings. The van der Waals surface area contributed by atoms with E-state index in [0.29, 0.717) is 36.9 Å². The Morgan fingerprint density at radius 3 is 2.78 bits per heavy atom. The molecular weight excluding hydrogens is 360 g/mol. The van der Waals surface area contributed by atoms with Gasteiger partial charge in [0.1, 0.15) is 12.3 Å². The van der Waals surface area contributed by atoms with Crippen molar-refractivity contribution >= 4 is 29.9 Å². The number of fused-ring (bicyclic) bond motifs is 1. The van der Waals surface area contributed by atoms with Gasteiger partial charge >= 0.3 is 0 Å². The van der Waals surface area contributed by atoms with E-state index in [-0.39, 0.29) is 23.9 Å². The normalized spacial score (nSPS) is 27.5. The molecule has 2 amide bonds. The largest absolute Gasteiger partial charge is 0.331 e. The number of carbonyl (C=O) groups is 3. The second-order valence-corrected chi connectivity index (χ2v) is 8.84. The summed E-state index contributed by atoms with van der Waals surface area (Å²) in [5.41, 5.74) is 2.76. The van der Waals surface area contributed by atoms with Crippen molar-refractivity contribution in [2.24, 2.45) is 5.92 Å². The Balaban J connectivity index is 1.39. The Bertz CT molecular complexity index is 738. The van der Waals surface area contributed by atoms with Crippen molar-refractivity contribution in [3.63, 3.8) is 0 Å². The summed E-state index contributed by atoms with van der Waals surface area (Å²) < 4.78 is 0. The van der Waals surface area contributed by atoms with Crippen LogP contribution in [-0.2, 0) is 27.2 Å². The molecule has 2 aliphatic heterocycles. The van der Waals surface area contributed by atoms with Gasteiger partial charge in [0.15, 0.2) is 0 Å². The van der Waals surface area contributed by atoms with Gasteiger partial charge in [-0.05, 0) is 49.1 Å². The van der Waals surface area contributed by atoms with Gasteiger partial charge < -0.3 is 14.6 Å². The van der Waals surface area contributed by atoms with Gasteiger partial charge in [0, 0.05) is 18.7 Å². The zero-order valence-corrected chi connectivity index (χ0v) is 16.3. The second-order valence-electron chi connectivity index (χ2n) is 7.84. The van der Waals surface area contributed by atoms with Gasteiger partial charge in [-0.3, -0.25) is 9.59 Å². The Kier molecular flexibility index (Phi) is 5.53. The van der Waals surface area contributed by atoms with Gasteiger partial charge in [0.25, 0.3) is 0 Å². The highest BCUT2D eigenvalue weighted by Gasteiger charge is 2.40. The SMILES string of the molecule is O=C[C@@H]1CSCN1C(=O)[C@@H]1CCCN1C(=O)C[C@@H]1CCc2ccccc2C1. The number of amides is 2. The minimum atomic E-state index is -0.380. The van der Waals surface area contributed by atoms with Crippen molar-refractivity contribution in [1.82, 2.24) is 9.80 Å². The zero-order chi connectivity index (χ0) is 18.8. The summed E-state index contributed by atoms with van der Waals surface area (Å²) >= 11 is 1.60. The van der Waals surface area contributed by atoms with Gasteiger partial charge in [-0.15, -0.1) is 11.8 Å². The predicted octanol–water partition coefficient (Wildman–Crippen LogP) is 2.27. The molecule has 0 saturated carbocycles. The van der Waals surface area contributed by atoms with Crippen LogP contribution in [0.3, 0.4) is 0 Å². The molecule has 2 saturated heterocycles. The number of benzene rings is 1. The lowest BCUT2D eigenvalue weighted by Gasteiger charge is -2.31. The molecule has 1 aromatic carbocycles. The van der Waals surface area contributed by atoms with Crippen LogP contribution < -0.4 is 0 Å². The van der Waals surface area contributed by atoms with E-state index in [1.54, 1.807) is 21.6 Å². The van der Waals surface area contributed by atoms with Gasteiger partial charge in [0.2, 0.25) is 11.8 Å². The van der Waals surface area contributed by atoms with E-state index in [4.69, 9.17) is 0 Å². The highest BCUT2D eigenvalue weighted by molar-refractivity contribution is 7.99. The first kappa shape index (κ1) is 18.5. The van der Waals surface area contributed by atoms with E-state index >= 15 is 0 Å². The van der Waals surface area contributed by atoms with Crippen LogP contribution in [0.4, 0.5) is 0 Å². The molecule has 2 heterocycles. The summed E-state index contributed by atoms with van der Waals surface area (Å²) in [6.07, 6.45) is 5.97. The van der Waals surface area contributed by atoms with Crippen LogP contribution in [-0.4, -0.2) is 58.2 Å². The van der Waals surface area contributed by atoms with E-state index in [1.165, 1.54) is 11.1 Å². The number of aryl methyl sites for hydroxylation is 1. The standard InChI is InChI=1S/C21H26N2O3S/c24-12-18-13-27-14-23(18)21(26)19-6-3-9-22(19)20(25)11-15-7-8-16-4-1-2-5-17(16)10-15/h1-2,4-5,12,15,18-19H,3,6-11,13-14H2/t15-,18-,19+/m1/s1. The summed E-state index contributed by atoms with van der Waals surface area (Å²) in [6, 6.07) is 7.77. The maximum absolute atomic E-state index is 13.0. The van der Waals surface area contributed by atoms with Crippen molar-refractivity contribution in [2.45, 2.75) is 50.6 Å². The fourth-order valence-corrected chi connectivity index (χ4v) is 5.74. The maximum atomic E-state index is 13.0. The third-order valence-electron chi connectivity index (χ3n) is 6.13. The second kappa shape index (κ2) is 8.05. The lowest BCUT2D eigenvalue weighted by atomic mass is 9.82. The lowest BCUT2D eigenvalue weighted by molar-refractivity contribution is -0.145. The minimum Gasteiger partial charge on any atom is -0.331 e. The first-order valence-electron chi connectivity index (χ1n) is 9.87. The van der Waals surface area contributed by atoms with Crippen molar-refractivity contribution < 1.29 is 14.4 Å². The third kappa shape index (κ3) is 3.77. The molecule has 0 N–H and O–H groups in total. The van der Waals surface area contributed by atoms with E-state index in [2.05, 4.69) is 24.3 Å². The first-order chi connectivity index (χ1) is 13.2. The summed E-state index contributed by atoms with van der Waals surface area (Å²) in [4.78, 5) is 40.6. The van der Waals surface area contributed by atoms with E-state index < -0.39 is 0 Å².